The van der Waals surface area contributed by atoms with Crippen molar-refractivity contribution >= 4 is 23.2 Å². The number of aromatic nitrogens is 1. The van der Waals surface area contributed by atoms with E-state index in [1.54, 1.807) is 11.0 Å². The second kappa shape index (κ2) is 7.09. The van der Waals surface area contributed by atoms with Gasteiger partial charge in [-0.25, -0.2) is 4.98 Å². The zero-order valence-corrected chi connectivity index (χ0v) is 12.7. The monoisotopic (exact) mass is 303 g/mol. The van der Waals surface area contributed by atoms with Gasteiger partial charge in [0.15, 0.2) is 0 Å². The fourth-order valence-corrected chi connectivity index (χ4v) is 2.29. The molecule has 2 rings (SSSR count). The molecule has 1 aromatic carbocycles. The molecule has 5 heteroatoms. The maximum absolute atomic E-state index is 12.7. The molecule has 1 heterocycles. The van der Waals surface area contributed by atoms with Gasteiger partial charge in [0, 0.05) is 13.1 Å². The van der Waals surface area contributed by atoms with Crippen molar-refractivity contribution < 1.29 is 4.79 Å². The summed E-state index contributed by atoms with van der Waals surface area (Å²) in [6, 6.07) is 11.4. The summed E-state index contributed by atoms with van der Waals surface area (Å²) in [7, 11) is 0. The molecule has 0 aliphatic carbocycles. The van der Waals surface area contributed by atoms with Crippen molar-refractivity contribution in [2.45, 2.75) is 19.9 Å². The van der Waals surface area contributed by atoms with Crippen LogP contribution >= 0.6 is 11.6 Å². The summed E-state index contributed by atoms with van der Waals surface area (Å²) in [5.74, 6) is -0.148. The Morgan fingerprint density at radius 3 is 2.71 bits per heavy atom. The normalized spacial score (nSPS) is 10.4. The van der Waals surface area contributed by atoms with Crippen molar-refractivity contribution in [3.8, 4) is 0 Å². The summed E-state index contributed by atoms with van der Waals surface area (Å²) in [5.41, 5.74) is 7.55. The van der Waals surface area contributed by atoms with Crippen LogP contribution in [0.4, 0.5) is 5.69 Å². The van der Waals surface area contributed by atoms with Crippen LogP contribution in [0, 0.1) is 0 Å². The van der Waals surface area contributed by atoms with Gasteiger partial charge in [-0.05, 0) is 18.1 Å². The highest BCUT2D eigenvalue weighted by Gasteiger charge is 2.19. The van der Waals surface area contributed by atoms with Crippen molar-refractivity contribution in [2.75, 3.05) is 12.3 Å². The highest BCUT2D eigenvalue weighted by atomic mass is 35.5. The molecule has 21 heavy (non-hydrogen) atoms. The van der Waals surface area contributed by atoms with Crippen LogP contribution in [0.2, 0.25) is 5.15 Å². The summed E-state index contributed by atoms with van der Waals surface area (Å²) in [5, 5.41) is 0.184. The first-order valence-electron chi connectivity index (χ1n) is 6.86. The molecule has 2 aromatic rings. The van der Waals surface area contributed by atoms with Crippen molar-refractivity contribution in [2.24, 2.45) is 0 Å². The lowest BCUT2D eigenvalue weighted by molar-refractivity contribution is 0.0743. The number of amides is 1. The van der Waals surface area contributed by atoms with Gasteiger partial charge in [-0.3, -0.25) is 4.79 Å². The number of hydrogen-bond acceptors (Lipinski definition) is 3. The van der Waals surface area contributed by atoms with E-state index in [0.717, 1.165) is 12.0 Å². The Morgan fingerprint density at radius 2 is 2.05 bits per heavy atom. The van der Waals surface area contributed by atoms with Gasteiger partial charge in [0.25, 0.3) is 5.91 Å². The van der Waals surface area contributed by atoms with Crippen LogP contribution in [-0.2, 0) is 6.54 Å². The second-order valence-corrected chi connectivity index (χ2v) is 5.18. The lowest BCUT2D eigenvalue weighted by Crippen LogP contribution is -2.31. The molecule has 4 nitrogen and oxygen atoms in total. The number of rotatable bonds is 5. The minimum Gasteiger partial charge on any atom is -0.397 e. The van der Waals surface area contributed by atoms with E-state index < -0.39 is 0 Å². The van der Waals surface area contributed by atoms with Crippen LogP contribution in [0.25, 0.3) is 0 Å². The van der Waals surface area contributed by atoms with E-state index in [1.165, 1.54) is 6.20 Å². The first-order valence-corrected chi connectivity index (χ1v) is 7.23. The molecule has 0 aliphatic rings. The predicted molar refractivity (Wildman–Crippen MR) is 85.1 cm³/mol. The van der Waals surface area contributed by atoms with E-state index >= 15 is 0 Å². The summed E-state index contributed by atoms with van der Waals surface area (Å²) < 4.78 is 0. The first-order chi connectivity index (χ1) is 10.1. The van der Waals surface area contributed by atoms with Crippen molar-refractivity contribution in [1.82, 2.24) is 9.88 Å². The minimum atomic E-state index is -0.148. The van der Waals surface area contributed by atoms with E-state index in [-0.39, 0.29) is 11.1 Å². The molecule has 0 atom stereocenters. The molecule has 2 N–H and O–H groups in total. The third-order valence-corrected chi connectivity index (χ3v) is 3.39. The molecule has 0 aliphatic heterocycles. The van der Waals surface area contributed by atoms with E-state index in [9.17, 15) is 4.79 Å². The van der Waals surface area contributed by atoms with Crippen LogP contribution in [0.1, 0.15) is 29.3 Å². The zero-order valence-electron chi connectivity index (χ0n) is 11.9. The molecule has 0 saturated heterocycles. The van der Waals surface area contributed by atoms with Crippen molar-refractivity contribution in [3.05, 3.63) is 58.9 Å². The van der Waals surface area contributed by atoms with Crippen LogP contribution in [0.3, 0.4) is 0 Å². The molecular weight excluding hydrogens is 286 g/mol. The highest BCUT2D eigenvalue weighted by molar-refractivity contribution is 6.32. The maximum Gasteiger partial charge on any atom is 0.257 e. The molecule has 1 amide bonds. The largest absolute Gasteiger partial charge is 0.397 e. The fourth-order valence-electron chi connectivity index (χ4n) is 2.11. The molecule has 0 saturated carbocycles. The molecule has 110 valence electrons. The predicted octanol–water partition coefficient (Wildman–Crippen LogP) is 3.37. The zero-order chi connectivity index (χ0) is 15.2. The maximum atomic E-state index is 12.7. The van der Waals surface area contributed by atoms with Gasteiger partial charge in [0.2, 0.25) is 0 Å². The number of nitrogens with zero attached hydrogens (tertiary/aromatic N) is 2. The van der Waals surface area contributed by atoms with Crippen LogP contribution < -0.4 is 5.73 Å². The standard InChI is InChI=1S/C16H18ClN3O/c1-2-8-20(11-12-6-4-3-5-7-12)16(21)14-9-13(18)10-19-15(14)17/h3-7,9-10H,2,8,11,18H2,1H3. The van der Waals surface area contributed by atoms with Crippen molar-refractivity contribution in [1.29, 1.82) is 0 Å². The number of anilines is 1. The number of carbonyl (C=O) groups is 1. The van der Waals surface area contributed by atoms with Crippen LogP contribution in [-0.4, -0.2) is 22.3 Å². The van der Waals surface area contributed by atoms with E-state index in [0.29, 0.717) is 24.3 Å². The number of nitrogen functional groups attached to an aromatic ring is 1. The smallest absolute Gasteiger partial charge is 0.257 e. The quantitative estimate of drug-likeness (QED) is 0.862. The average molecular weight is 304 g/mol. The van der Waals surface area contributed by atoms with Crippen LogP contribution in [0.15, 0.2) is 42.6 Å². The first kappa shape index (κ1) is 15.3. The Labute approximate surface area is 129 Å². The van der Waals surface area contributed by atoms with Gasteiger partial charge < -0.3 is 10.6 Å². The Balaban J connectivity index is 2.25. The summed E-state index contributed by atoms with van der Waals surface area (Å²) in [6.45, 7) is 3.22. The lowest BCUT2D eigenvalue weighted by atomic mass is 10.1. The van der Waals surface area contributed by atoms with E-state index in [1.807, 2.05) is 37.3 Å². The van der Waals surface area contributed by atoms with Crippen molar-refractivity contribution in [3.63, 3.8) is 0 Å². The number of pyridine rings is 1. The second-order valence-electron chi connectivity index (χ2n) is 4.82. The Morgan fingerprint density at radius 1 is 1.33 bits per heavy atom. The molecule has 1 aromatic heterocycles. The van der Waals surface area contributed by atoms with E-state index in [2.05, 4.69) is 4.98 Å². The van der Waals surface area contributed by atoms with Gasteiger partial charge in [-0.1, -0.05) is 48.9 Å². The number of halogens is 1. The van der Waals surface area contributed by atoms with Gasteiger partial charge >= 0.3 is 0 Å². The van der Waals surface area contributed by atoms with Gasteiger partial charge in [-0.15, -0.1) is 0 Å². The summed E-state index contributed by atoms with van der Waals surface area (Å²) >= 11 is 6.02. The molecule has 0 bridgehead atoms. The fraction of sp³-hybridized carbons (Fsp3) is 0.250. The Bertz CT molecular complexity index is 616. The third kappa shape index (κ3) is 3.95. The molecule has 0 fully saturated rings. The Kier molecular flexibility index (Phi) is 5.17. The SMILES string of the molecule is CCCN(Cc1ccccc1)C(=O)c1cc(N)cnc1Cl. The summed E-state index contributed by atoms with van der Waals surface area (Å²) in [6.07, 6.45) is 2.31. The lowest BCUT2D eigenvalue weighted by Gasteiger charge is -2.22. The number of hydrogen-bond donors (Lipinski definition) is 1. The van der Waals surface area contributed by atoms with Gasteiger partial charge in [0.1, 0.15) is 5.15 Å². The van der Waals surface area contributed by atoms with Gasteiger partial charge in [0.05, 0.1) is 17.4 Å². The van der Waals surface area contributed by atoms with Gasteiger partial charge in [-0.2, -0.15) is 0 Å². The van der Waals surface area contributed by atoms with Crippen LogP contribution in [0.5, 0.6) is 0 Å². The average Bonchev–Trinajstić information content (AvgIpc) is 2.49. The Hall–Kier alpha value is -2.07. The number of carbonyl (C=O) groups excluding carboxylic acids is 1. The van der Waals surface area contributed by atoms with E-state index in [4.69, 9.17) is 17.3 Å². The number of benzene rings is 1. The molecular formula is C16H18ClN3O. The topological polar surface area (TPSA) is 59.2 Å². The minimum absolute atomic E-state index is 0.148. The third-order valence-electron chi connectivity index (χ3n) is 3.09. The summed E-state index contributed by atoms with van der Waals surface area (Å²) in [4.78, 5) is 18.4. The number of nitrogens with two attached hydrogens (primary N) is 1. The molecule has 0 unspecified atom stereocenters. The molecule has 0 radical (unpaired) electrons. The highest BCUT2D eigenvalue weighted by Crippen LogP contribution is 2.19. The molecule has 0 spiro atoms.